The van der Waals surface area contributed by atoms with Crippen LogP contribution in [0.3, 0.4) is 0 Å². The van der Waals surface area contributed by atoms with Crippen molar-refractivity contribution in [2.75, 3.05) is 5.73 Å². The summed E-state index contributed by atoms with van der Waals surface area (Å²) in [6.07, 6.45) is -1.49. The van der Waals surface area contributed by atoms with Gasteiger partial charge in [0.1, 0.15) is 0 Å². The second kappa shape index (κ2) is 5.36. The fourth-order valence-corrected chi connectivity index (χ4v) is 6.84. The van der Waals surface area contributed by atoms with Gasteiger partial charge in [-0.25, -0.2) is 0 Å². The van der Waals surface area contributed by atoms with E-state index in [1.165, 1.54) is 0 Å². The molecule has 0 radical (unpaired) electrons. The zero-order valence-corrected chi connectivity index (χ0v) is 16.2. The molecule has 3 N–H and O–H groups in total. The van der Waals surface area contributed by atoms with Gasteiger partial charge in [-0.3, -0.25) is 0 Å². The van der Waals surface area contributed by atoms with Gasteiger partial charge in [-0.2, -0.15) is 13.2 Å². The van der Waals surface area contributed by atoms with Crippen molar-refractivity contribution in [3.63, 3.8) is 0 Å². The fraction of sp³-hybridized carbons (Fsp3) is 0.647. The molecule has 2 nitrogen and oxygen atoms in total. The van der Waals surface area contributed by atoms with Crippen molar-refractivity contribution in [3.05, 3.63) is 26.6 Å². The maximum atomic E-state index is 13.7. The molecule has 2 unspecified atom stereocenters. The summed E-state index contributed by atoms with van der Waals surface area (Å²) in [7, 11) is 0. The van der Waals surface area contributed by atoms with E-state index in [1.807, 2.05) is 12.1 Å². The molecule has 2 atom stereocenters. The number of halogens is 5. The lowest BCUT2D eigenvalue weighted by molar-refractivity contribution is -0.240. The molecular weight excluding hydrogens is 449 g/mol. The first-order valence-corrected chi connectivity index (χ1v) is 9.77. The number of hydrogen-bond donors (Lipinski definition) is 2. The van der Waals surface area contributed by atoms with Gasteiger partial charge in [0.15, 0.2) is 0 Å². The topological polar surface area (TPSA) is 38.0 Å². The van der Waals surface area contributed by atoms with E-state index in [-0.39, 0.29) is 23.8 Å². The highest BCUT2D eigenvalue weighted by atomic mass is 79.9. The van der Waals surface area contributed by atoms with Crippen LogP contribution in [0.2, 0.25) is 0 Å². The van der Waals surface area contributed by atoms with Gasteiger partial charge < -0.3 is 11.1 Å². The molecule has 5 rings (SSSR count). The first-order chi connectivity index (χ1) is 11.1. The summed E-state index contributed by atoms with van der Waals surface area (Å²) in [6, 6.07) is 3.80. The number of hydrogen-bond acceptors (Lipinski definition) is 2. The third kappa shape index (κ3) is 2.53. The van der Waals surface area contributed by atoms with Gasteiger partial charge >= 0.3 is 6.18 Å². The third-order valence-electron chi connectivity index (χ3n) is 6.39. The maximum Gasteiger partial charge on any atom is 0.394 e. The molecular formula is C17H19Br2F3N2. The normalized spacial score (nSPS) is 37.4. The van der Waals surface area contributed by atoms with Crippen molar-refractivity contribution in [3.8, 4) is 0 Å². The third-order valence-corrected chi connectivity index (χ3v) is 7.50. The van der Waals surface area contributed by atoms with Crippen molar-refractivity contribution in [2.45, 2.75) is 50.4 Å². The van der Waals surface area contributed by atoms with Crippen LogP contribution in [0.1, 0.15) is 37.7 Å². The minimum atomic E-state index is -4.09. The Labute approximate surface area is 156 Å². The van der Waals surface area contributed by atoms with Crippen molar-refractivity contribution < 1.29 is 13.2 Å². The SMILES string of the molecule is Nc1c(Br)cc(Br)cc1CNC12CC3CC(C(F)(F)F)(CC3C1)C2. The number of alkyl halides is 3. The van der Waals surface area contributed by atoms with Crippen LogP contribution in [0, 0.1) is 17.3 Å². The molecule has 1 aromatic rings. The molecule has 7 heteroatoms. The Kier molecular flexibility index (Phi) is 3.84. The molecule has 132 valence electrons. The summed E-state index contributed by atoms with van der Waals surface area (Å²) >= 11 is 6.86. The van der Waals surface area contributed by atoms with Crippen molar-refractivity contribution >= 4 is 37.5 Å². The molecule has 4 bridgehead atoms. The van der Waals surface area contributed by atoms with Crippen LogP contribution in [0.15, 0.2) is 21.1 Å². The van der Waals surface area contributed by atoms with Gasteiger partial charge in [0, 0.05) is 21.0 Å². The van der Waals surface area contributed by atoms with Crippen LogP contribution in [0.4, 0.5) is 18.9 Å². The monoisotopic (exact) mass is 466 g/mol. The summed E-state index contributed by atoms with van der Waals surface area (Å²) in [5, 5.41) is 3.47. The fourth-order valence-electron chi connectivity index (χ4n) is 5.53. The smallest absolute Gasteiger partial charge is 0.394 e. The first kappa shape index (κ1) is 17.2. The molecule has 4 fully saturated rings. The maximum absolute atomic E-state index is 13.7. The number of nitrogens with one attached hydrogen (secondary N) is 1. The van der Waals surface area contributed by atoms with E-state index in [4.69, 9.17) is 5.73 Å². The van der Waals surface area contributed by atoms with E-state index < -0.39 is 11.6 Å². The van der Waals surface area contributed by atoms with Gasteiger partial charge in [0.05, 0.1) is 11.1 Å². The number of nitrogens with two attached hydrogens (primary N) is 1. The van der Waals surface area contributed by atoms with Crippen LogP contribution < -0.4 is 11.1 Å². The average Bonchev–Trinajstić information content (AvgIpc) is 2.87. The zero-order chi connectivity index (χ0) is 17.3. The lowest BCUT2D eigenvalue weighted by Gasteiger charge is -2.47. The van der Waals surface area contributed by atoms with Crippen LogP contribution in [-0.4, -0.2) is 11.7 Å². The number of nitrogen functional groups attached to an aromatic ring is 1. The minimum absolute atomic E-state index is 0.214. The summed E-state index contributed by atoms with van der Waals surface area (Å²) in [4.78, 5) is 0. The van der Waals surface area contributed by atoms with Crippen molar-refractivity contribution in [1.29, 1.82) is 0 Å². The number of rotatable bonds is 3. The van der Waals surface area contributed by atoms with E-state index >= 15 is 0 Å². The van der Waals surface area contributed by atoms with Gasteiger partial charge in [-0.15, -0.1) is 0 Å². The minimum Gasteiger partial charge on any atom is -0.398 e. The van der Waals surface area contributed by atoms with Gasteiger partial charge in [-0.05, 0) is 77.6 Å². The van der Waals surface area contributed by atoms with Gasteiger partial charge in [0.25, 0.3) is 0 Å². The van der Waals surface area contributed by atoms with Crippen LogP contribution in [0.25, 0.3) is 0 Å². The van der Waals surface area contributed by atoms with Crippen molar-refractivity contribution in [1.82, 2.24) is 5.32 Å². The lowest BCUT2D eigenvalue weighted by Crippen LogP contribution is -2.54. The Hall–Kier alpha value is -0.270. The summed E-state index contributed by atoms with van der Waals surface area (Å²) in [6.45, 7) is 0.497. The molecule has 0 aromatic heterocycles. The first-order valence-electron chi connectivity index (χ1n) is 8.18. The van der Waals surface area contributed by atoms with E-state index in [0.717, 1.165) is 27.4 Å². The quantitative estimate of drug-likeness (QED) is 0.584. The van der Waals surface area contributed by atoms with Gasteiger partial charge in [0.2, 0.25) is 0 Å². The summed E-state index contributed by atoms with van der Waals surface area (Å²) < 4.78 is 42.7. The Morgan fingerprint density at radius 2 is 1.75 bits per heavy atom. The van der Waals surface area contributed by atoms with E-state index in [2.05, 4.69) is 37.2 Å². The molecule has 0 spiro atoms. The highest BCUT2D eigenvalue weighted by Gasteiger charge is 2.70. The molecule has 4 aliphatic carbocycles. The van der Waals surface area contributed by atoms with Crippen LogP contribution in [0.5, 0.6) is 0 Å². The Bertz CT molecular complexity index is 675. The molecule has 0 heterocycles. The summed E-state index contributed by atoms with van der Waals surface area (Å²) in [5.41, 5.74) is 5.81. The second-order valence-electron chi connectivity index (χ2n) is 7.89. The molecule has 0 amide bonds. The van der Waals surface area contributed by atoms with E-state index in [0.29, 0.717) is 25.1 Å². The molecule has 0 aliphatic heterocycles. The van der Waals surface area contributed by atoms with Crippen molar-refractivity contribution in [2.24, 2.45) is 17.3 Å². The highest BCUT2D eigenvalue weighted by Crippen LogP contribution is 2.70. The lowest BCUT2D eigenvalue weighted by atomic mass is 9.65. The van der Waals surface area contributed by atoms with E-state index in [1.54, 1.807) is 0 Å². The largest absolute Gasteiger partial charge is 0.398 e. The standard InChI is InChI=1S/C17H19Br2F3N2/c18-12-1-9(14(23)13(19)2-12)7-24-16-5-10-3-15(8-16,17(20,21)22)4-11(10)6-16/h1-2,10-11,24H,3-8,23H2. The zero-order valence-electron chi connectivity index (χ0n) is 13.0. The predicted octanol–water partition coefficient (Wildman–Crippen LogP) is 5.39. The number of benzene rings is 1. The summed E-state index contributed by atoms with van der Waals surface area (Å²) in [5.74, 6) is 0.443. The Morgan fingerprint density at radius 1 is 1.12 bits per heavy atom. The highest BCUT2D eigenvalue weighted by molar-refractivity contribution is 9.11. The second-order valence-corrected chi connectivity index (χ2v) is 9.66. The molecule has 0 saturated heterocycles. The molecule has 1 aromatic carbocycles. The van der Waals surface area contributed by atoms with Crippen LogP contribution >= 0.6 is 31.9 Å². The molecule has 24 heavy (non-hydrogen) atoms. The average molecular weight is 468 g/mol. The predicted molar refractivity (Wildman–Crippen MR) is 94.4 cm³/mol. The Balaban J connectivity index is 1.56. The van der Waals surface area contributed by atoms with E-state index in [9.17, 15) is 13.2 Å². The molecule has 4 saturated carbocycles. The van der Waals surface area contributed by atoms with Gasteiger partial charge in [-0.1, -0.05) is 15.9 Å². The van der Waals surface area contributed by atoms with Crippen LogP contribution in [-0.2, 0) is 6.54 Å². The number of anilines is 1. The Morgan fingerprint density at radius 3 is 2.33 bits per heavy atom. The molecule has 4 aliphatic rings.